The van der Waals surface area contributed by atoms with Crippen molar-refractivity contribution in [3.63, 3.8) is 0 Å². The second-order valence-electron chi connectivity index (χ2n) is 4.69. The SMILES string of the molecule is C=CCOc1c(Br)cc(CNc2ccc(Cl)c(Cl)c2)cc1OC. The summed E-state index contributed by atoms with van der Waals surface area (Å²) in [5.74, 6) is 1.32. The van der Waals surface area contributed by atoms with E-state index in [0.29, 0.717) is 34.7 Å². The molecule has 2 rings (SSSR count). The third-order valence-electron chi connectivity index (χ3n) is 3.05. The van der Waals surface area contributed by atoms with Gasteiger partial charge in [0.05, 0.1) is 21.6 Å². The molecule has 0 aliphatic rings. The first-order valence-corrected chi connectivity index (χ1v) is 8.39. The van der Waals surface area contributed by atoms with Gasteiger partial charge in [-0.3, -0.25) is 0 Å². The van der Waals surface area contributed by atoms with Crippen molar-refractivity contribution in [2.45, 2.75) is 6.54 Å². The van der Waals surface area contributed by atoms with Crippen LogP contribution in [0.15, 0.2) is 47.5 Å². The first kappa shape index (κ1) is 18.0. The van der Waals surface area contributed by atoms with Crippen molar-refractivity contribution in [3.8, 4) is 11.5 Å². The molecule has 0 fully saturated rings. The largest absolute Gasteiger partial charge is 0.493 e. The Bertz CT molecular complexity index is 707. The number of ether oxygens (including phenoxy) is 2. The van der Waals surface area contributed by atoms with Gasteiger partial charge in [-0.1, -0.05) is 35.9 Å². The molecule has 0 radical (unpaired) electrons. The van der Waals surface area contributed by atoms with Gasteiger partial charge < -0.3 is 14.8 Å². The molecule has 0 spiro atoms. The lowest BCUT2D eigenvalue weighted by Crippen LogP contribution is -2.02. The normalized spacial score (nSPS) is 10.3. The molecular weight excluding hydrogens is 401 g/mol. The number of hydrogen-bond donors (Lipinski definition) is 1. The molecule has 2 aromatic carbocycles. The Morgan fingerprint density at radius 2 is 2.00 bits per heavy atom. The Labute approximate surface area is 154 Å². The molecule has 23 heavy (non-hydrogen) atoms. The summed E-state index contributed by atoms with van der Waals surface area (Å²) in [6, 6.07) is 9.33. The van der Waals surface area contributed by atoms with Crippen molar-refractivity contribution in [1.82, 2.24) is 0 Å². The van der Waals surface area contributed by atoms with Crippen molar-refractivity contribution in [3.05, 3.63) is 63.1 Å². The zero-order valence-electron chi connectivity index (χ0n) is 12.5. The fraction of sp³-hybridized carbons (Fsp3) is 0.176. The number of halogens is 3. The molecule has 0 saturated carbocycles. The highest BCUT2D eigenvalue weighted by Gasteiger charge is 2.11. The lowest BCUT2D eigenvalue weighted by atomic mass is 10.2. The summed E-state index contributed by atoms with van der Waals surface area (Å²) in [6.07, 6.45) is 1.69. The Balaban J connectivity index is 2.15. The lowest BCUT2D eigenvalue weighted by molar-refractivity contribution is 0.324. The molecule has 0 unspecified atom stereocenters. The molecule has 3 nitrogen and oxygen atoms in total. The number of methoxy groups -OCH3 is 1. The van der Waals surface area contributed by atoms with Crippen molar-refractivity contribution in [2.24, 2.45) is 0 Å². The van der Waals surface area contributed by atoms with Crippen LogP contribution >= 0.6 is 39.1 Å². The quantitative estimate of drug-likeness (QED) is 0.566. The first-order chi connectivity index (χ1) is 11.0. The summed E-state index contributed by atoms with van der Waals surface area (Å²) >= 11 is 15.4. The minimum absolute atomic E-state index is 0.413. The van der Waals surface area contributed by atoms with E-state index in [4.69, 9.17) is 32.7 Å². The topological polar surface area (TPSA) is 30.5 Å². The lowest BCUT2D eigenvalue weighted by Gasteiger charge is -2.14. The Morgan fingerprint density at radius 1 is 1.22 bits per heavy atom. The zero-order chi connectivity index (χ0) is 16.8. The molecule has 0 atom stereocenters. The van der Waals surface area contributed by atoms with Gasteiger partial charge in [-0.05, 0) is 51.8 Å². The van der Waals surface area contributed by atoms with E-state index in [1.54, 1.807) is 25.3 Å². The van der Waals surface area contributed by atoms with Gasteiger partial charge in [-0.15, -0.1) is 0 Å². The molecule has 122 valence electrons. The van der Waals surface area contributed by atoms with E-state index in [9.17, 15) is 0 Å². The third-order valence-corrected chi connectivity index (χ3v) is 4.38. The molecule has 0 amide bonds. The van der Waals surface area contributed by atoms with Crippen molar-refractivity contribution < 1.29 is 9.47 Å². The average Bonchev–Trinajstić information content (AvgIpc) is 2.54. The van der Waals surface area contributed by atoms with E-state index in [1.807, 2.05) is 18.2 Å². The highest BCUT2D eigenvalue weighted by Crippen LogP contribution is 2.37. The van der Waals surface area contributed by atoms with Gasteiger partial charge in [0.25, 0.3) is 0 Å². The monoisotopic (exact) mass is 415 g/mol. The molecule has 0 saturated heterocycles. The minimum atomic E-state index is 0.413. The predicted molar refractivity (Wildman–Crippen MR) is 100 cm³/mol. The summed E-state index contributed by atoms with van der Waals surface area (Å²) < 4.78 is 11.8. The maximum atomic E-state index is 6.01. The summed E-state index contributed by atoms with van der Waals surface area (Å²) in [5, 5.41) is 4.34. The van der Waals surface area contributed by atoms with E-state index in [2.05, 4.69) is 27.8 Å². The van der Waals surface area contributed by atoms with Gasteiger partial charge in [0, 0.05) is 12.2 Å². The third kappa shape index (κ3) is 4.80. The molecule has 6 heteroatoms. The van der Waals surface area contributed by atoms with E-state index < -0.39 is 0 Å². The highest BCUT2D eigenvalue weighted by atomic mass is 79.9. The van der Waals surface area contributed by atoms with E-state index in [1.165, 1.54) is 0 Å². The van der Waals surface area contributed by atoms with Crippen LogP contribution in [0, 0.1) is 0 Å². The smallest absolute Gasteiger partial charge is 0.175 e. The maximum Gasteiger partial charge on any atom is 0.175 e. The summed E-state index contributed by atoms with van der Waals surface area (Å²) in [5.41, 5.74) is 1.92. The van der Waals surface area contributed by atoms with Gasteiger partial charge in [-0.2, -0.15) is 0 Å². The number of nitrogens with one attached hydrogen (secondary N) is 1. The summed E-state index contributed by atoms with van der Waals surface area (Å²) in [4.78, 5) is 0. The van der Waals surface area contributed by atoms with E-state index in [-0.39, 0.29) is 0 Å². The zero-order valence-corrected chi connectivity index (χ0v) is 15.6. The predicted octanol–water partition coefficient (Wildman–Crippen LogP) is 5.94. The van der Waals surface area contributed by atoms with Crippen LogP contribution < -0.4 is 14.8 Å². The van der Waals surface area contributed by atoms with Gasteiger partial charge in [-0.25, -0.2) is 0 Å². The first-order valence-electron chi connectivity index (χ1n) is 6.84. The fourth-order valence-electron chi connectivity index (χ4n) is 1.97. The van der Waals surface area contributed by atoms with Crippen LogP contribution in [0.3, 0.4) is 0 Å². The Morgan fingerprint density at radius 3 is 2.65 bits per heavy atom. The Kier molecular flexibility index (Phi) is 6.63. The van der Waals surface area contributed by atoms with Crippen LogP contribution in [-0.2, 0) is 6.54 Å². The Hall–Kier alpha value is -1.36. The van der Waals surface area contributed by atoms with Crippen LogP contribution in [0.4, 0.5) is 5.69 Å². The molecule has 0 aliphatic heterocycles. The molecule has 0 heterocycles. The molecule has 0 bridgehead atoms. The number of rotatable bonds is 7. The van der Waals surface area contributed by atoms with Crippen LogP contribution in [0.5, 0.6) is 11.5 Å². The average molecular weight is 417 g/mol. The number of benzene rings is 2. The van der Waals surface area contributed by atoms with Crippen molar-refractivity contribution in [1.29, 1.82) is 0 Å². The van der Waals surface area contributed by atoms with E-state index in [0.717, 1.165) is 15.7 Å². The summed E-state index contributed by atoms with van der Waals surface area (Å²) in [6.45, 7) is 4.66. The fourth-order valence-corrected chi connectivity index (χ4v) is 2.87. The molecule has 0 aliphatic carbocycles. The van der Waals surface area contributed by atoms with Gasteiger partial charge >= 0.3 is 0 Å². The molecule has 0 aromatic heterocycles. The van der Waals surface area contributed by atoms with Crippen LogP contribution in [0.2, 0.25) is 10.0 Å². The standard InChI is InChI=1S/C17H16BrCl2NO2/c1-3-6-23-17-13(18)7-11(8-16(17)22-2)10-21-12-4-5-14(19)15(20)9-12/h3-5,7-9,21H,1,6,10H2,2H3. The molecule has 1 N–H and O–H groups in total. The summed E-state index contributed by atoms with van der Waals surface area (Å²) in [7, 11) is 1.61. The van der Waals surface area contributed by atoms with E-state index >= 15 is 0 Å². The van der Waals surface area contributed by atoms with Gasteiger partial charge in [0.15, 0.2) is 11.5 Å². The van der Waals surface area contributed by atoms with Crippen LogP contribution in [-0.4, -0.2) is 13.7 Å². The molecule has 2 aromatic rings. The minimum Gasteiger partial charge on any atom is -0.493 e. The highest BCUT2D eigenvalue weighted by molar-refractivity contribution is 9.10. The number of anilines is 1. The van der Waals surface area contributed by atoms with Gasteiger partial charge in [0.1, 0.15) is 6.61 Å². The van der Waals surface area contributed by atoms with Crippen LogP contribution in [0.25, 0.3) is 0 Å². The van der Waals surface area contributed by atoms with Crippen molar-refractivity contribution in [2.75, 3.05) is 19.0 Å². The van der Waals surface area contributed by atoms with Crippen molar-refractivity contribution >= 4 is 44.8 Å². The second kappa shape index (κ2) is 8.48. The van der Waals surface area contributed by atoms with Gasteiger partial charge in [0.2, 0.25) is 0 Å². The second-order valence-corrected chi connectivity index (χ2v) is 6.36. The molecular formula is C17H16BrCl2NO2. The van der Waals surface area contributed by atoms with Crippen LogP contribution in [0.1, 0.15) is 5.56 Å². The number of hydrogen-bond acceptors (Lipinski definition) is 3. The maximum absolute atomic E-state index is 6.01.